The quantitative estimate of drug-likeness (QED) is 0.675. The van der Waals surface area contributed by atoms with E-state index in [-0.39, 0.29) is 5.91 Å². The summed E-state index contributed by atoms with van der Waals surface area (Å²) in [6.45, 7) is 7.73. The number of nitrogens with zero attached hydrogens (tertiary/aromatic N) is 1. The Labute approximate surface area is 92.5 Å². The second-order valence-electron chi connectivity index (χ2n) is 4.05. The van der Waals surface area contributed by atoms with Gasteiger partial charge in [0.1, 0.15) is 0 Å². The molecule has 0 radical (unpaired) electrons. The molecule has 0 aromatic rings. The van der Waals surface area contributed by atoms with Gasteiger partial charge in [-0.15, -0.1) is 6.58 Å². The van der Waals surface area contributed by atoms with Crippen LogP contribution in [0.1, 0.15) is 32.6 Å². The van der Waals surface area contributed by atoms with E-state index in [9.17, 15) is 4.79 Å². The summed E-state index contributed by atoms with van der Waals surface area (Å²) in [5.74, 6) is 0.212. The minimum absolute atomic E-state index is 0.212. The highest BCUT2D eigenvalue weighted by molar-refractivity contribution is 5.78. The minimum atomic E-state index is 0.212. The molecular weight excluding hydrogens is 188 g/mol. The Morgan fingerprint density at radius 1 is 1.53 bits per heavy atom. The third-order valence-electron chi connectivity index (χ3n) is 2.94. The molecule has 1 amide bonds. The van der Waals surface area contributed by atoms with E-state index in [1.807, 2.05) is 17.9 Å². The lowest BCUT2D eigenvalue weighted by atomic mass is 10.2. The molecule has 15 heavy (non-hydrogen) atoms. The summed E-state index contributed by atoms with van der Waals surface area (Å²) in [5, 5.41) is 3.08. The molecule has 0 saturated heterocycles. The van der Waals surface area contributed by atoms with E-state index in [1.165, 1.54) is 12.8 Å². The standard InChI is InChI=1S/C12H22N2O/c1-3-9-14(11-7-5-6-8-11)12(15)10-13-4-2/h3,11,13H,1,4-10H2,2H3. The molecule has 1 saturated carbocycles. The first-order valence-electron chi connectivity index (χ1n) is 5.90. The van der Waals surface area contributed by atoms with Gasteiger partial charge in [-0.05, 0) is 19.4 Å². The van der Waals surface area contributed by atoms with Crippen LogP contribution in [0.25, 0.3) is 0 Å². The van der Waals surface area contributed by atoms with E-state index in [4.69, 9.17) is 0 Å². The zero-order valence-electron chi connectivity index (χ0n) is 9.67. The van der Waals surface area contributed by atoms with E-state index in [0.717, 1.165) is 19.4 Å². The summed E-state index contributed by atoms with van der Waals surface area (Å²) < 4.78 is 0. The summed E-state index contributed by atoms with van der Waals surface area (Å²) >= 11 is 0. The number of nitrogens with one attached hydrogen (secondary N) is 1. The molecule has 0 unspecified atom stereocenters. The van der Waals surface area contributed by atoms with Gasteiger partial charge in [0, 0.05) is 12.6 Å². The van der Waals surface area contributed by atoms with Gasteiger partial charge >= 0.3 is 0 Å². The Morgan fingerprint density at radius 3 is 2.73 bits per heavy atom. The van der Waals surface area contributed by atoms with Crippen LogP contribution >= 0.6 is 0 Å². The second kappa shape index (κ2) is 6.62. The largest absolute Gasteiger partial charge is 0.335 e. The molecule has 0 aliphatic heterocycles. The summed E-state index contributed by atoms with van der Waals surface area (Å²) in [6, 6.07) is 0.453. The van der Waals surface area contributed by atoms with Gasteiger partial charge in [0.2, 0.25) is 5.91 Å². The van der Waals surface area contributed by atoms with Crippen molar-refractivity contribution in [3.8, 4) is 0 Å². The molecule has 0 spiro atoms. The molecule has 1 fully saturated rings. The molecule has 1 N–H and O–H groups in total. The fraction of sp³-hybridized carbons (Fsp3) is 0.750. The Balaban J connectivity index is 2.47. The highest BCUT2D eigenvalue weighted by Gasteiger charge is 2.24. The van der Waals surface area contributed by atoms with E-state index < -0.39 is 0 Å². The first kappa shape index (κ1) is 12.2. The first-order valence-corrected chi connectivity index (χ1v) is 5.90. The van der Waals surface area contributed by atoms with Gasteiger partial charge < -0.3 is 10.2 Å². The van der Waals surface area contributed by atoms with Gasteiger partial charge in [0.05, 0.1) is 6.54 Å². The normalized spacial score (nSPS) is 16.6. The third kappa shape index (κ3) is 3.67. The van der Waals surface area contributed by atoms with E-state index in [2.05, 4.69) is 11.9 Å². The summed E-state index contributed by atoms with van der Waals surface area (Å²) in [4.78, 5) is 13.9. The van der Waals surface area contributed by atoms with Crippen LogP contribution in [0.5, 0.6) is 0 Å². The Morgan fingerprint density at radius 2 is 2.20 bits per heavy atom. The first-order chi connectivity index (χ1) is 7.29. The number of carbonyl (C=O) groups is 1. The lowest BCUT2D eigenvalue weighted by molar-refractivity contribution is -0.131. The number of likely N-dealkylation sites (N-methyl/N-ethyl adjacent to an activating group) is 1. The zero-order valence-corrected chi connectivity index (χ0v) is 9.67. The van der Waals surface area contributed by atoms with Gasteiger partial charge in [0.15, 0.2) is 0 Å². The molecule has 1 rings (SSSR count). The SMILES string of the molecule is C=CCN(C(=O)CNCC)C1CCCC1. The second-order valence-corrected chi connectivity index (χ2v) is 4.05. The number of rotatable bonds is 6. The fourth-order valence-corrected chi connectivity index (χ4v) is 2.14. The van der Waals surface area contributed by atoms with Crippen LogP contribution in [0, 0.1) is 0 Å². The molecule has 3 heteroatoms. The number of hydrogen-bond donors (Lipinski definition) is 1. The molecule has 0 bridgehead atoms. The zero-order chi connectivity index (χ0) is 11.1. The molecule has 0 aromatic heterocycles. The predicted molar refractivity (Wildman–Crippen MR) is 62.7 cm³/mol. The third-order valence-corrected chi connectivity index (χ3v) is 2.94. The van der Waals surface area contributed by atoms with Gasteiger partial charge in [0.25, 0.3) is 0 Å². The van der Waals surface area contributed by atoms with Crippen molar-refractivity contribution in [2.75, 3.05) is 19.6 Å². The monoisotopic (exact) mass is 210 g/mol. The molecule has 3 nitrogen and oxygen atoms in total. The lowest BCUT2D eigenvalue weighted by Gasteiger charge is -2.28. The molecule has 1 aliphatic carbocycles. The minimum Gasteiger partial charge on any atom is -0.335 e. The summed E-state index contributed by atoms with van der Waals surface area (Å²) in [7, 11) is 0. The average Bonchev–Trinajstić information content (AvgIpc) is 2.75. The van der Waals surface area contributed by atoms with Gasteiger partial charge in [-0.2, -0.15) is 0 Å². The van der Waals surface area contributed by atoms with Crippen LogP contribution in [-0.2, 0) is 4.79 Å². The molecule has 0 heterocycles. The maximum absolute atomic E-state index is 11.9. The Hall–Kier alpha value is -0.830. The lowest BCUT2D eigenvalue weighted by Crippen LogP contribution is -2.43. The van der Waals surface area contributed by atoms with Crippen molar-refractivity contribution < 1.29 is 4.79 Å². The smallest absolute Gasteiger partial charge is 0.237 e. The van der Waals surface area contributed by atoms with Crippen molar-refractivity contribution >= 4 is 5.91 Å². The van der Waals surface area contributed by atoms with Crippen molar-refractivity contribution in [3.05, 3.63) is 12.7 Å². The summed E-state index contributed by atoms with van der Waals surface area (Å²) in [5.41, 5.74) is 0. The Bertz CT molecular complexity index is 210. The van der Waals surface area contributed by atoms with Crippen LogP contribution in [0.4, 0.5) is 0 Å². The average molecular weight is 210 g/mol. The van der Waals surface area contributed by atoms with Crippen LogP contribution < -0.4 is 5.32 Å². The molecule has 0 aromatic carbocycles. The predicted octanol–water partition coefficient (Wildman–Crippen LogP) is 1.55. The molecular formula is C12H22N2O. The maximum atomic E-state index is 11.9. The Kier molecular flexibility index (Phi) is 5.40. The van der Waals surface area contributed by atoms with Gasteiger partial charge in [-0.25, -0.2) is 0 Å². The van der Waals surface area contributed by atoms with Crippen molar-refractivity contribution in [1.29, 1.82) is 0 Å². The van der Waals surface area contributed by atoms with Crippen LogP contribution in [-0.4, -0.2) is 36.5 Å². The van der Waals surface area contributed by atoms with Crippen LogP contribution in [0.3, 0.4) is 0 Å². The number of carbonyl (C=O) groups excluding carboxylic acids is 1. The van der Waals surface area contributed by atoms with Crippen LogP contribution in [0.15, 0.2) is 12.7 Å². The molecule has 1 aliphatic rings. The van der Waals surface area contributed by atoms with Gasteiger partial charge in [-0.3, -0.25) is 4.79 Å². The molecule has 86 valence electrons. The molecule has 0 atom stereocenters. The topological polar surface area (TPSA) is 32.3 Å². The maximum Gasteiger partial charge on any atom is 0.237 e. The number of amides is 1. The van der Waals surface area contributed by atoms with Crippen LogP contribution in [0.2, 0.25) is 0 Å². The highest BCUT2D eigenvalue weighted by Crippen LogP contribution is 2.23. The van der Waals surface area contributed by atoms with Crippen molar-refractivity contribution in [2.45, 2.75) is 38.6 Å². The van der Waals surface area contributed by atoms with E-state index in [0.29, 0.717) is 19.1 Å². The number of hydrogen-bond acceptors (Lipinski definition) is 2. The van der Waals surface area contributed by atoms with E-state index >= 15 is 0 Å². The van der Waals surface area contributed by atoms with Gasteiger partial charge in [-0.1, -0.05) is 25.8 Å². The van der Waals surface area contributed by atoms with E-state index in [1.54, 1.807) is 0 Å². The fourth-order valence-electron chi connectivity index (χ4n) is 2.14. The summed E-state index contributed by atoms with van der Waals surface area (Å²) in [6.07, 6.45) is 6.65. The van der Waals surface area contributed by atoms with Crippen molar-refractivity contribution in [2.24, 2.45) is 0 Å². The highest BCUT2D eigenvalue weighted by atomic mass is 16.2. The van der Waals surface area contributed by atoms with Crippen molar-refractivity contribution in [3.63, 3.8) is 0 Å². The van der Waals surface area contributed by atoms with Crippen molar-refractivity contribution in [1.82, 2.24) is 10.2 Å².